The van der Waals surface area contributed by atoms with E-state index >= 15 is 0 Å². The molecule has 2 N–H and O–H groups in total. The number of fused-ring (bicyclic) bond motifs is 4. The van der Waals surface area contributed by atoms with Crippen molar-refractivity contribution in [2.75, 3.05) is 75.6 Å². The second-order valence-corrected chi connectivity index (χ2v) is 16.9. The molecule has 16 nitrogen and oxygen atoms in total. The lowest BCUT2D eigenvalue weighted by Crippen LogP contribution is -2.40. The number of rotatable bonds is 10. The van der Waals surface area contributed by atoms with Crippen molar-refractivity contribution < 1.29 is 38.7 Å². The first kappa shape index (κ1) is 41.4. The second kappa shape index (κ2) is 17.4. The summed E-state index contributed by atoms with van der Waals surface area (Å²) >= 11 is 0. The third-order valence-corrected chi connectivity index (χ3v) is 12.3. The van der Waals surface area contributed by atoms with Gasteiger partial charge in [-0.2, -0.15) is 10.2 Å². The number of benzene rings is 2. The normalized spacial score (nSPS) is 21.0. The minimum Gasteiger partial charge on any atom is -0.485 e. The van der Waals surface area contributed by atoms with Crippen LogP contribution in [0.25, 0.3) is 11.3 Å². The van der Waals surface area contributed by atoms with E-state index in [2.05, 4.69) is 42.1 Å². The third kappa shape index (κ3) is 8.47. The molecule has 0 aliphatic carbocycles. The number of nitrogens with zero attached hydrogens (tertiary/aromatic N) is 8. The molecule has 6 aromatic rings. The lowest BCUT2D eigenvalue weighted by Gasteiger charge is -2.37. The highest BCUT2D eigenvalue weighted by molar-refractivity contribution is 6.03. The zero-order valence-electron chi connectivity index (χ0n) is 35.2. The van der Waals surface area contributed by atoms with Gasteiger partial charge in [0.1, 0.15) is 22.7 Å². The summed E-state index contributed by atoms with van der Waals surface area (Å²) in [4.78, 5) is 39.6. The number of aliphatic hydroxyl groups is 2. The van der Waals surface area contributed by atoms with E-state index in [0.717, 1.165) is 97.0 Å². The number of aryl methyl sites for hydroxylation is 2. The Morgan fingerprint density at radius 1 is 0.645 bits per heavy atom. The molecule has 2 saturated heterocycles. The number of Topliss-reactive ketones (excluding diaryl/α,β-unsaturated/α-hetero) is 2. The Balaban J connectivity index is 0.000000158. The van der Waals surface area contributed by atoms with Crippen LogP contribution in [0.1, 0.15) is 69.7 Å². The smallest absolute Gasteiger partial charge is 0.172 e. The fourth-order valence-electron chi connectivity index (χ4n) is 8.63. The molecule has 2 atom stereocenters. The van der Waals surface area contributed by atoms with E-state index < -0.39 is 11.2 Å². The fraction of sp³-hybridized carbons (Fsp3) is 0.435. The highest BCUT2D eigenvalue weighted by Crippen LogP contribution is 2.40. The maximum Gasteiger partial charge on any atom is 0.172 e. The van der Waals surface area contributed by atoms with Gasteiger partial charge >= 0.3 is 0 Å². The summed E-state index contributed by atoms with van der Waals surface area (Å²) < 4.78 is 26.6. The van der Waals surface area contributed by atoms with Gasteiger partial charge in [-0.1, -0.05) is 0 Å². The molecule has 0 unspecified atom stereocenters. The van der Waals surface area contributed by atoms with Gasteiger partial charge in [0, 0.05) is 87.3 Å². The molecule has 2 fully saturated rings. The molecular formula is C46H52N8O8. The Kier molecular flexibility index (Phi) is 11.6. The molecule has 0 radical (unpaired) electrons. The first-order valence-corrected chi connectivity index (χ1v) is 21.3. The molecule has 10 rings (SSSR count). The minimum absolute atomic E-state index is 0.0138. The van der Waals surface area contributed by atoms with Crippen LogP contribution in [-0.2, 0) is 35.2 Å². The molecule has 0 saturated carbocycles. The Morgan fingerprint density at radius 3 is 1.47 bits per heavy atom. The van der Waals surface area contributed by atoms with Crippen molar-refractivity contribution in [3.63, 3.8) is 0 Å². The summed E-state index contributed by atoms with van der Waals surface area (Å²) in [7, 11) is 0. The van der Waals surface area contributed by atoms with Crippen molar-refractivity contribution >= 4 is 34.2 Å². The molecule has 16 heteroatoms. The average molecular weight is 845 g/mol. The van der Waals surface area contributed by atoms with Gasteiger partial charge in [0.15, 0.2) is 22.9 Å². The molecule has 0 spiro atoms. The fourth-order valence-corrected chi connectivity index (χ4v) is 8.63. The number of hydrogen-bond donors (Lipinski definition) is 2. The van der Waals surface area contributed by atoms with Crippen LogP contribution in [0.4, 0.5) is 11.4 Å². The topological polar surface area (TPSA) is 178 Å². The SMILES string of the molecule is C[C@@]1(CO)CCc2cc(CC(=O)c3cnn4cccnc34)c(N3CCOCC3)cc2O1.C[C@]1(CO)CCc2cc(CC(=O)c3cnn4cccnc34)c(N3CCOCC3)cc2O1. The van der Waals surface area contributed by atoms with Gasteiger partial charge in [0.25, 0.3) is 0 Å². The Labute approximate surface area is 359 Å². The van der Waals surface area contributed by atoms with E-state index in [1.165, 1.54) is 0 Å². The van der Waals surface area contributed by atoms with Crippen molar-refractivity contribution in [1.82, 2.24) is 29.2 Å². The number of hydrogen-bond acceptors (Lipinski definition) is 14. The van der Waals surface area contributed by atoms with Crippen LogP contribution >= 0.6 is 0 Å². The molecule has 4 aromatic heterocycles. The Morgan fingerprint density at radius 2 is 1.06 bits per heavy atom. The van der Waals surface area contributed by atoms with E-state index in [0.29, 0.717) is 48.8 Å². The van der Waals surface area contributed by atoms with Gasteiger partial charge < -0.3 is 39.0 Å². The maximum atomic E-state index is 13.2. The number of aromatic nitrogens is 6. The number of ketones is 2. The number of ether oxygens (including phenoxy) is 4. The van der Waals surface area contributed by atoms with Gasteiger partial charge in [-0.25, -0.2) is 19.0 Å². The summed E-state index contributed by atoms with van der Waals surface area (Å²) in [5.41, 5.74) is 7.10. The minimum atomic E-state index is -0.574. The van der Waals surface area contributed by atoms with Crippen LogP contribution in [0.15, 0.2) is 73.6 Å². The monoisotopic (exact) mass is 844 g/mol. The predicted octanol–water partition coefficient (Wildman–Crippen LogP) is 4.13. The Bertz CT molecular complexity index is 2420. The lowest BCUT2D eigenvalue weighted by molar-refractivity contribution is 0.00802. The first-order valence-electron chi connectivity index (χ1n) is 21.3. The van der Waals surface area contributed by atoms with Crippen LogP contribution in [0, 0.1) is 0 Å². The van der Waals surface area contributed by atoms with Crippen molar-refractivity contribution in [2.24, 2.45) is 0 Å². The number of aliphatic hydroxyl groups excluding tert-OH is 2. The van der Waals surface area contributed by atoms with Crippen LogP contribution in [0.3, 0.4) is 0 Å². The number of carbonyl (C=O) groups is 2. The molecule has 0 bridgehead atoms. The molecule has 4 aliphatic heterocycles. The quantitative estimate of drug-likeness (QED) is 0.188. The molecular weight excluding hydrogens is 793 g/mol. The number of carbonyl (C=O) groups excluding carboxylic acids is 2. The van der Waals surface area contributed by atoms with Crippen LogP contribution in [0.2, 0.25) is 0 Å². The van der Waals surface area contributed by atoms with Crippen molar-refractivity contribution in [1.29, 1.82) is 0 Å². The van der Waals surface area contributed by atoms with E-state index in [-0.39, 0.29) is 37.6 Å². The summed E-state index contributed by atoms with van der Waals surface area (Å²) in [6.07, 6.45) is 13.7. The lowest BCUT2D eigenvalue weighted by atomic mass is 9.90. The van der Waals surface area contributed by atoms with Gasteiger partial charge in [0.05, 0.1) is 63.2 Å². The first-order chi connectivity index (χ1) is 30.1. The molecule has 4 aliphatic rings. The molecule has 0 amide bonds. The molecule has 62 heavy (non-hydrogen) atoms. The van der Waals surface area contributed by atoms with Crippen molar-refractivity contribution in [3.05, 3.63) is 107 Å². The maximum absolute atomic E-state index is 13.2. The summed E-state index contributed by atoms with van der Waals surface area (Å²) in [5.74, 6) is 1.55. The highest BCUT2D eigenvalue weighted by Gasteiger charge is 2.34. The van der Waals surface area contributed by atoms with Crippen molar-refractivity contribution in [3.8, 4) is 11.5 Å². The zero-order valence-corrected chi connectivity index (χ0v) is 35.2. The van der Waals surface area contributed by atoms with E-state index in [1.807, 2.05) is 26.0 Å². The van der Waals surface area contributed by atoms with Crippen LogP contribution in [-0.4, -0.2) is 128 Å². The highest BCUT2D eigenvalue weighted by atomic mass is 16.5. The van der Waals surface area contributed by atoms with Gasteiger partial charge in [0.2, 0.25) is 0 Å². The van der Waals surface area contributed by atoms with E-state index in [9.17, 15) is 19.8 Å². The van der Waals surface area contributed by atoms with E-state index in [4.69, 9.17) is 18.9 Å². The van der Waals surface area contributed by atoms with Crippen LogP contribution < -0.4 is 19.3 Å². The molecule has 8 heterocycles. The number of morpholine rings is 2. The van der Waals surface area contributed by atoms with Crippen LogP contribution in [0.5, 0.6) is 11.5 Å². The van der Waals surface area contributed by atoms with Gasteiger partial charge in [-0.3, -0.25) is 9.59 Å². The summed E-state index contributed by atoms with van der Waals surface area (Å²) in [6, 6.07) is 11.8. The van der Waals surface area contributed by atoms with E-state index in [1.54, 1.807) is 58.3 Å². The largest absolute Gasteiger partial charge is 0.485 e. The predicted molar refractivity (Wildman–Crippen MR) is 230 cm³/mol. The third-order valence-electron chi connectivity index (χ3n) is 12.3. The molecule has 2 aromatic carbocycles. The van der Waals surface area contributed by atoms with Crippen molar-refractivity contribution in [2.45, 2.75) is 63.6 Å². The number of anilines is 2. The standard InChI is InChI=1S/2C23H26N4O4/c2*1-23(15-28)4-3-16-11-17(19(13-21(16)31-23)26-7-9-30-10-8-26)12-20(29)18-14-25-27-6-2-5-24-22(18)27/h2*2,5-6,11,13-14,28H,3-4,7-10,12,15H2,1H3/t2*23-/m10/s1. The summed E-state index contributed by atoms with van der Waals surface area (Å²) in [5, 5.41) is 28.0. The van der Waals surface area contributed by atoms with Gasteiger partial charge in [-0.15, -0.1) is 0 Å². The average Bonchev–Trinajstić information content (AvgIpc) is 3.95. The molecule has 324 valence electrons. The summed E-state index contributed by atoms with van der Waals surface area (Å²) in [6.45, 7) is 9.45. The second-order valence-electron chi connectivity index (χ2n) is 16.9. The van der Waals surface area contributed by atoms with Gasteiger partial charge in [-0.05, 0) is 86.1 Å². The Hall–Kier alpha value is -5.94. The zero-order chi connectivity index (χ0) is 42.8.